The van der Waals surface area contributed by atoms with Gasteiger partial charge in [0, 0.05) is 10.0 Å². The van der Waals surface area contributed by atoms with Crippen LogP contribution in [0.15, 0.2) is 17.3 Å². The van der Waals surface area contributed by atoms with Crippen molar-refractivity contribution in [2.75, 3.05) is 0 Å². The van der Waals surface area contributed by atoms with Crippen LogP contribution in [0.25, 0.3) is 10.4 Å². The third-order valence-corrected chi connectivity index (χ3v) is 0.971. The summed E-state index contributed by atoms with van der Waals surface area (Å²) in [6, 6.07) is 0. The molecule has 6 nitrogen and oxygen atoms in total. The normalized spacial score (nSPS) is 13.5. The molecular formula is C5H3N3O3. The van der Waals surface area contributed by atoms with Gasteiger partial charge in [0.05, 0.1) is 5.92 Å². The Bertz CT molecular complexity index is 271. The molecule has 0 saturated heterocycles. The lowest BCUT2D eigenvalue weighted by Gasteiger charge is -1.94. The fraction of sp³-hybridized carbons (Fsp3) is 0.200. The number of rotatable bonds is 1. The van der Waals surface area contributed by atoms with E-state index in [1.807, 2.05) is 0 Å². The van der Waals surface area contributed by atoms with Crippen molar-refractivity contribution in [1.29, 1.82) is 0 Å². The first-order chi connectivity index (χ1) is 5.24. The van der Waals surface area contributed by atoms with Crippen LogP contribution in [0.4, 0.5) is 4.79 Å². The Balaban J connectivity index is 2.34. The first kappa shape index (κ1) is 7.30. The molecule has 0 saturated carbocycles. The van der Waals surface area contributed by atoms with Crippen molar-refractivity contribution >= 4 is 12.1 Å². The van der Waals surface area contributed by atoms with Gasteiger partial charge >= 0.3 is 12.1 Å². The molecule has 0 atom stereocenters. The molecule has 1 rings (SSSR count). The summed E-state index contributed by atoms with van der Waals surface area (Å²) in [5.41, 5.74) is 7.73. The largest absolute Gasteiger partial charge is 0.404 e. The second-order valence-corrected chi connectivity index (χ2v) is 1.79. The molecule has 1 aliphatic rings. The van der Waals surface area contributed by atoms with Crippen LogP contribution in [0, 0.1) is 5.92 Å². The van der Waals surface area contributed by atoms with E-state index in [2.05, 4.69) is 14.8 Å². The van der Waals surface area contributed by atoms with Crippen molar-refractivity contribution in [3.05, 3.63) is 22.6 Å². The van der Waals surface area contributed by atoms with Crippen LogP contribution < -0.4 is 0 Å². The van der Waals surface area contributed by atoms with Gasteiger partial charge in [-0.25, -0.2) is 4.79 Å². The van der Waals surface area contributed by atoms with Crippen LogP contribution in [0.5, 0.6) is 0 Å². The second kappa shape index (κ2) is 2.85. The smallest absolute Gasteiger partial charge is 0.388 e. The molecule has 0 N–H and O–H groups in total. The number of hydrogen-bond acceptors (Lipinski definition) is 3. The van der Waals surface area contributed by atoms with E-state index in [0.29, 0.717) is 0 Å². The zero-order valence-electron chi connectivity index (χ0n) is 5.30. The van der Waals surface area contributed by atoms with Crippen molar-refractivity contribution < 1.29 is 14.3 Å². The molecule has 0 aromatic rings. The number of nitrogens with zero attached hydrogens (tertiary/aromatic N) is 3. The average Bonchev–Trinajstić information content (AvgIpc) is 2.67. The van der Waals surface area contributed by atoms with Gasteiger partial charge in [0.1, 0.15) is 0 Å². The molecular weight excluding hydrogens is 150 g/mol. The van der Waals surface area contributed by atoms with E-state index in [0.717, 1.165) is 0 Å². The zero-order chi connectivity index (χ0) is 8.27. The Hall–Kier alpha value is -1.81. The predicted molar refractivity (Wildman–Crippen MR) is 33.3 cm³/mol. The number of carbonyl (C=O) groups excluding carboxylic acids is 2. The molecule has 1 aliphatic carbocycles. The van der Waals surface area contributed by atoms with E-state index >= 15 is 0 Å². The van der Waals surface area contributed by atoms with Crippen molar-refractivity contribution in [2.45, 2.75) is 0 Å². The van der Waals surface area contributed by atoms with Crippen LogP contribution in [-0.2, 0) is 9.53 Å². The summed E-state index contributed by atoms with van der Waals surface area (Å²) in [5.74, 6) is -1.12. The maximum absolute atomic E-state index is 10.6. The van der Waals surface area contributed by atoms with Crippen molar-refractivity contribution in [3.63, 3.8) is 0 Å². The van der Waals surface area contributed by atoms with E-state index in [4.69, 9.17) is 5.53 Å². The van der Waals surface area contributed by atoms with Gasteiger partial charge in [0.15, 0.2) is 0 Å². The number of esters is 1. The number of amides is 1. The Kier molecular flexibility index (Phi) is 1.89. The maximum Gasteiger partial charge on any atom is 0.404 e. The number of hydrogen-bond donors (Lipinski definition) is 0. The molecule has 0 aromatic heterocycles. The second-order valence-electron chi connectivity index (χ2n) is 1.79. The quantitative estimate of drug-likeness (QED) is 0.141. The monoisotopic (exact) mass is 153 g/mol. The molecule has 1 amide bonds. The first-order valence-electron chi connectivity index (χ1n) is 2.73. The summed E-state index contributed by atoms with van der Waals surface area (Å²) in [4.78, 5) is 23.0. The minimum atomic E-state index is -1.22. The van der Waals surface area contributed by atoms with Gasteiger partial charge in [0.2, 0.25) is 0 Å². The highest BCUT2D eigenvalue weighted by Crippen LogP contribution is 2.17. The summed E-state index contributed by atoms with van der Waals surface area (Å²) in [7, 11) is 0. The molecule has 0 bridgehead atoms. The lowest BCUT2D eigenvalue weighted by Crippen LogP contribution is -2.10. The molecule has 6 heteroatoms. The first-order valence-corrected chi connectivity index (χ1v) is 2.73. The van der Waals surface area contributed by atoms with Crippen LogP contribution in [-0.4, -0.2) is 12.1 Å². The van der Waals surface area contributed by atoms with E-state index in [1.165, 1.54) is 0 Å². The fourth-order valence-corrected chi connectivity index (χ4v) is 0.424. The molecule has 0 aromatic carbocycles. The molecule has 0 unspecified atom stereocenters. The Morgan fingerprint density at radius 2 is 2.18 bits per heavy atom. The maximum atomic E-state index is 10.6. The van der Waals surface area contributed by atoms with Gasteiger partial charge in [-0.1, -0.05) is 12.2 Å². The zero-order valence-corrected chi connectivity index (χ0v) is 5.30. The molecule has 0 spiro atoms. The Labute approximate surface area is 61.1 Å². The molecule has 0 heterocycles. The van der Waals surface area contributed by atoms with Gasteiger partial charge in [-0.05, 0) is 5.53 Å². The van der Waals surface area contributed by atoms with Crippen LogP contribution in [0.1, 0.15) is 0 Å². The molecule has 0 radical (unpaired) electrons. The Morgan fingerprint density at radius 1 is 1.55 bits per heavy atom. The highest BCUT2D eigenvalue weighted by molar-refractivity contribution is 5.90. The third-order valence-electron chi connectivity index (χ3n) is 0.971. The Morgan fingerprint density at radius 3 is 2.64 bits per heavy atom. The topological polar surface area (TPSA) is 92.1 Å². The van der Waals surface area contributed by atoms with Crippen LogP contribution in [0.2, 0.25) is 0 Å². The van der Waals surface area contributed by atoms with Gasteiger partial charge in [0.25, 0.3) is 0 Å². The third kappa shape index (κ3) is 2.11. The fourth-order valence-electron chi connectivity index (χ4n) is 0.424. The van der Waals surface area contributed by atoms with Gasteiger partial charge in [-0.2, -0.15) is 0 Å². The standard InChI is InChI=1S/C5H3N3O3/c6-8-7-5(10)11-4(9)3-1-2-3/h1-3H. The predicted octanol–water partition coefficient (Wildman–Crippen LogP) is 1.15. The van der Waals surface area contributed by atoms with Crippen LogP contribution in [0.3, 0.4) is 0 Å². The summed E-state index contributed by atoms with van der Waals surface area (Å²) in [5, 5.41) is 2.55. The number of ether oxygens (including phenoxy) is 1. The molecule has 0 fully saturated rings. The van der Waals surface area contributed by atoms with Crippen molar-refractivity contribution in [1.82, 2.24) is 0 Å². The van der Waals surface area contributed by atoms with Gasteiger partial charge in [-0.15, -0.1) is 0 Å². The molecule has 11 heavy (non-hydrogen) atoms. The highest BCUT2D eigenvalue weighted by atomic mass is 16.6. The summed E-state index contributed by atoms with van der Waals surface area (Å²) >= 11 is 0. The lowest BCUT2D eigenvalue weighted by molar-refractivity contribution is -0.137. The van der Waals surface area contributed by atoms with Crippen molar-refractivity contribution in [3.8, 4) is 0 Å². The minimum Gasteiger partial charge on any atom is -0.388 e. The van der Waals surface area contributed by atoms with Gasteiger partial charge in [-0.3, -0.25) is 4.79 Å². The van der Waals surface area contributed by atoms with E-state index in [1.54, 1.807) is 12.2 Å². The summed E-state index contributed by atoms with van der Waals surface area (Å²) in [6.45, 7) is 0. The summed E-state index contributed by atoms with van der Waals surface area (Å²) in [6.07, 6.45) is 1.91. The average molecular weight is 153 g/mol. The van der Waals surface area contributed by atoms with Crippen molar-refractivity contribution in [2.24, 2.45) is 11.0 Å². The molecule has 56 valence electrons. The highest BCUT2D eigenvalue weighted by Gasteiger charge is 2.24. The lowest BCUT2D eigenvalue weighted by atomic mass is 10.4. The molecule has 0 aliphatic heterocycles. The number of azide groups is 1. The summed E-state index contributed by atoms with van der Waals surface area (Å²) < 4.78 is 4.05. The van der Waals surface area contributed by atoms with Gasteiger partial charge < -0.3 is 4.74 Å². The van der Waals surface area contributed by atoms with Crippen LogP contribution >= 0.6 is 0 Å². The SMILES string of the molecule is [N-]=[N+]=NC(=O)OC(=O)C1C=C1. The van der Waals surface area contributed by atoms with E-state index < -0.39 is 18.0 Å². The van der Waals surface area contributed by atoms with E-state index in [9.17, 15) is 9.59 Å². The number of carbonyl (C=O) groups is 2. The van der Waals surface area contributed by atoms with E-state index in [-0.39, 0.29) is 0 Å². The minimum absolute atomic E-state index is 0.409.